The molecule has 0 radical (unpaired) electrons. The third kappa shape index (κ3) is 3.32. The molecule has 0 saturated carbocycles. The second-order valence-electron chi connectivity index (χ2n) is 6.63. The van der Waals surface area contributed by atoms with Gasteiger partial charge in [0, 0.05) is 44.0 Å². The first kappa shape index (κ1) is 17.0. The van der Waals surface area contributed by atoms with Gasteiger partial charge in [-0.3, -0.25) is 4.68 Å². The molecule has 0 aliphatic carbocycles. The predicted molar refractivity (Wildman–Crippen MR) is 106 cm³/mol. The van der Waals surface area contributed by atoms with Crippen molar-refractivity contribution in [3.05, 3.63) is 59.9 Å². The van der Waals surface area contributed by atoms with Gasteiger partial charge in [-0.25, -0.2) is 0 Å². The van der Waals surface area contributed by atoms with Gasteiger partial charge in [0.15, 0.2) is 0 Å². The van der Waals surface area contributed by atoms with Crippen LogP contribution in [0.25, 0.3) is 11.1 Å². The quantitative estimate of drug-likeness (QED) is 0.773. The molecule has 2 aromatic carbocycles. The molecule has 0 fully saturated rings. The van der Waals surface area contributed by atoms with E-state index in [1.165, 1.54) is 5.56 Å². The maximum absolute atomic E-state index is 9.61. The number of nitrogens with zero attached hydrogens (tertiary/aromatic N) is 4. The van der Waals surface area contributed by atoms with Crippen molar-refractivity contribution in [2.45, 2.75) is 6.54 Å². The lowest BCUT2D eigenvalue weighted by Gasteiger charge is -2.33. The van der Waals surface area contributed by atoms with E-state index in [1.54, 1.807) is 18.0 Å². The summed E-state index contributed by atoms with van der Waals surface area (Å²) in [7, 11) is 3.56. The van der Waals surface area contributed by atoms with Crippen molar-refractivity contribution in [2.75, 3.05) is 30.4 Å². The summed E-state index contributed by atoms with van der Waals surface area (Å²) in [6, 6.07) is 14.5. The third-order valence-electron chi connectivity index (χ3n) is 4.84. The van der Waals surface area contributed by atoms with E-state index in [0.29, 0.717) is 5.56 Å². The van der Waals surface area contributed by atoms with Crippen LogP contribution in [0.5, 0.6) is 5.75 Å². The van der Waals surface area contributed by atoms with Crippen LogP contribution in [0.3, 0.4) is 0 Å². The highest BCUT2D eigenvalue weighted by molar-refractivity contribution is 5.83. The minimum absolute atomic E-state index is 0.653. The fraction of sp³-hybridized carbons (Fsp3) is 0.238. The molecule has 136 valence electrons. The smallest absolute Gasteiger partial charge is 0.118 e. The van der Waals surface area contributed by atoms with Gasteiger partial charge in [-0.1, -0.05) is 12.1 Å². The molecule has 6 heteroatoms. The molecule has 1 aromatic heterocycles. The Bertz CT molecular complexity index is 1000. The normalized spacial score (nSPS) is 12.9. The van der Waals surface area contributed by atoms with Gasteiger partial charge in [-0.05, 0) is 29.8 Å². The summed E-state index contributed by atoms with van der Waals surface area (Å²) in [5.41, 5.74) is 5.84. The summed E-state index contributed by atoms with van der Waals surface area (Å²) in [6.07, 6.45) is 3.74. The summed E-state index contributed by atoms with van der Waals surface area (Å²) in [6.45, 7) is 2.55. The number of anilines is 2. The van der Waals surface area contributed by atoms with Crippen molar-refractivity contribution in [1.29, 1.82) is 5.26 Å². The molecule has 4 rings (SSSR count). The molecule has 0 amide bonds. The van der Waals surface area contributed by atoms with E-state index in [1.807, 2.05) is 31.4 Å². The molecule has 1 aliphatic rings. The first-order valence-electron chi connectivity index (χ1n) is 8.87. The zero-order valence-electron chi connectivity index (χ0n) is 15.4. The predicted octanol–water partition coefficient (Wildman–Crippen LogP) is 3.40. The summed E-state index contributed by atoms with van der Waals surface area (Å²) in [5.74, 6) is 0.858. The van der Waals surface area contributed by atoms with Crippen molar-refractivity contribution in [3.8, 4) is 22.9 Å². The minimum Gasteiger partial charge on any atom is -0.497 e. The highest BCUT2D eigenvalue weighted by Gasteiger charge is 2.20. The van der Waals surface area contributed by atoms with Gasteiger partial charge < -0.3 is 15.0 Å². The fourth-order valence-corrected chi connectivity index (χ4v) is 3.44. The first-order valence-corrected chi connectivity index (χ1v) is 8.87. The van der Waals surface area contributed by atoms with Crippen molar-refractivity contribution in [1.82, 2.24) is 9.78 Å². The Balaban J connectivity index is 1.71. The van der Waals surface area contributed by atoms with Gasteiger partial charge in [0.2, 0.25) is 0 Å². The Morgan fingerprint density at radius 3 is 2.74 bits per heavy atom. The topological polar surface area (TPSA) is 66.1 Å². The second kappa shape index (κ2) is 7.04. The molecule has 27 heavy (non-hydrogen) atoms. The average Bonchev–Trinajstić information content (AvgIpc) is 3.14. The largest absolute Gasteiger partial charge is 0.497 e. The molecule has 2 heterocycles. The Kier molecular flexibility index (Phi) is 4.43. The Hall–Kier alpha value is -3.46. The van der Waals surface area contributed by atoms with Crippen LogP contribution in [0.15, 0.2) is 48.8 Å². The van der Waals surface area contributed by atoms with Crippen LogP contribution in [0.4, 0.5) is 11.4 Å². The Morgan fingerprint density at radius 2 is 2.07 bits per heavy atom. The van der Waals surface area contributed by atoms with Crippen molar-refractivity contribution in [2.24, 2.45) is 7.05 Å². The van der Waals surface area contributed by atoms with E-state index < -0.39 is 0 Å². The minimum atomic E-state index is 0.653. The summed E-state index contributed by atoms with van der Waals surface area (Å²) < 4.78 is 7.00. The average molecular weight is 359 g/mol. The molecule has 6 nitrogen and oxygen atoms in total. The number of methoxy groups -OCH3 is 1. The molecule has 0 spiro atoms. The highest BCUT2D eigenvalue weighted by atomic mass is 16.5. The maximum Gasteiger partial charge on any atom is 0.118 e. The number of rotatable bonds is 4. The van der Waals surface area contributed by atoms with Gasteiger partial charge in [0.1, 0.15) is 5.75 Å². The number of benzene rings is 2. The third-order valence-corrected chi connectivity index (χ3v) is 4.84. The van der Waals surface area contributed by atoms with Gasteiger partial charge in [0.05, 0.1) is 36.3 Å². The van der Waals surface area contributed by atoms with Crippen molar-refractivity contribution >= 4 is 11.4 Å². The molecule has 0 atom stereocenters. The number of hydrogen-bond donors (Lipinski definition) is 1. The van der Waals surface area contributed by atoms with E-state index in [-0.39, 0.29) is 0 Å². The lowest BCUT2D eigenvalue weighted by molar-refractivity contribution is 0.414. The maximum atomic E-state index is 9.61. The van der Waals surface area contributed by atoms with E-state index in [4.69, 9.17) is 4.74 Å². The zero-order chi connectivity index (χ0) is 18.8. The molecular formula is C21H21N5O. The zero-order valence-corrected chi connectivity index (χ0v) is 15.4. The SMILES string of the molecule is COc1ccc(CN2CCNc3cc(C#N)c(-c4cnn(C)c4)cc32)cc1. The van der Waals surface area contributed by atoms with Crippen LogP contribution in [0.2, 0.25) is 0 Å². The first-order chi connectivity index (χ1) is 13.2. The molecule has 0 saturated heterocycles. The summed E-state index contributed by atoms with van der Waals surface area (Å²) in [5, 5.41) is 17.3. The molecule has 3 aromatic rings. The number of ether oxygens (including phenoxy) is 1. The molecule has 0 bridgehead atoms. The van der Waals surface area contributed by atoms with Crippen LogP contribution < -0.4 is 15.0 Å². The van der Waals surface area contributed by atoms with Crippen LogP contribution >= 0.6 is 0 Å². The summed E-state index contributed by atoms with van der Waals surface area (Å²) >= 11 is 0. The molecule has 1 aliphatic heterocycles. The Morgan fingerprint density at radius 1 is 1.26 bits per heavy atom. The number of nitrogens with one attached hydrogen (secondary N) is 1. The number of fused-ring (bicyclic) bond motifs is 1. The summed E-state index contributed by atoms with van der Waals surface area (Å²) in [4.78, 5) is 2.34. The highest BCUT2D eigenvalue weighted by Crippen LogP contribution is 2.37. The lowest BCUT2D eigenvalue weighted by atomic mass is 9.99. The van der Waals surface area contributed by atoms with Gasteiger partial charge in [-0.15, -0.1) is 0 Å². The van der Waals surface area contributed by atoms with Crippen molar-refractivity contribution in [3.63, 3.8) is 0 Å². The lowest BCUT2D eigenvalue weighted by Crippen LogP contribution is -2.33. The van der Waals surface area contributed by atoms with Crippen LogP contribution in [0.1, 0.15) is 11.1 Å². The number of aryl methyl sites for hydroxylation is 1. The van der Waals surface area contributed by atoms with E-state index >= 15 is 0 Å². The molecule has 0 unspecified atom stereocenters. The molecular weight excluding hydrogens is 338 g/mol. The van der Waals surface area contributed by atoms with Gasteiger partial charge >= 0.3 is 0 Å². The van der Waals surface area contributed by atoms with Gasteiger partial charge in [0.25, 0.3) is 0 Å². The van der Waals surface area contributed by atoms with Gasteiger partial charge in [-0.2, -0.15) is 10.4 Å². The van der Waals surface area contributed by atoms with Crippen molar-refractivity contribution < 1.29 is 4.74 Å². The fourth-order valence-electron chi connectivity index (χ4n) is 3.44. The number of aromatic nitrogens is 2. The number of nitriles is 1. The van der Waals surface area contributed by atoms with E-state index in [2.05, 4.69) is 39.6 Å². The monoisotopic (exact) mass is 359 g/mol. The van der Waals surface area contributed by atoms with Crippen LogP contribution in [-0.4, -0.2) is 30.0 Å². The molecule has 1 N–H and O–H groups in total. The Labute approximate surface area is 158 Å². The standard InChI is InChI=1S/C21H21N5O/c1-25-14-17(12-24-25)19-10-21-20(9-16(19)11-22)23-7-8-26(21)13-15-3-5-18(27-2)6-4-15/h3-6,9-10,12,14,23H,7-8,13H2,1-2H3. The second-order valence-corrected chi connectivity index (χ2v) is 6.63. The van der Waals surface area contributed by atoms with Crippen LogP contribution in [-0.2, 0) is 13.6 Å². The van der Waals surface area contributed by atoms with E-state index in [0.717, 1.165) is 47.9 Å². The number of hydrogen-bond acceptors (Lipinski definition) is 5. The van der Waals surface area contributed by atoms with E-state index in [9.17, 15) is 5.26 Å². The van der Waals surface area contributed by atoms with Crippen LogP contribution in [0, 0.1) is 11.3 Å².